The molecule has 0 aliphatic carbocycles. The molecule has 4 nitrogen and oxygen atoms in total. The maximum absolute atomic E-state index is 13.9. The lowest BCUT2D eigenvalue weighted by Gasteiger charge is -2.38. The Morgan fingerprint density at radius 3 is 2.25 bits per heavy atom. The van der Waals surface area contributed by atoms with E-state index in [1.165, 1.54) is 13.0 Å². The van der Waals surface area contributed by atoms with Crippen molar-refractivity contribution in [3.63, 3.8) is 0 Å². The molecular formula is C14H16F2N2O2. The number of halogens is 2. The van der Waals surface area contributed by atoms with Crippen LogP contribution in [0.4, 0.5) is 14.5 Å². The van der Waals surface area contributed by atoms with Crippen molar-refractivity contribution in [3.05, 3.63) is 29.8 Å². The van der Waals surface area contributed by atoms with Gasteiger partial charge in [0.1, 0.15) is 29.4 Å². The van der Waals surface area contributed by atoms with Gasteiger partial charge in [0.2, 0.25) is 5.91 Å². The number of para-hydroxylation sites is 1. The first-order valence-corrected chi connectivity index (χ1v) is 6.42. The molecule has 2 unspecified atom stereocenters. The lowest BCUT2D eigenvalue weighted by atomic mass is 9.97. The summed E-state index contributed by atoms with van der Waals surface area (Å²) >= 11 is 0. The minimum absolute atomic E-state index is 0.170. The average molecular weight is 282 g/mol. The van der Waals surface area contributed by atoms with Gasteiger partial charge >= 0.3 is 0 Å². The van der Waals surface area contributed by atoms with Crippen LogP contribution in [0.15, 0.2) is 18.2 Å². The molecule has 1 fully saturated rings. The highest BCUT2D eigenvalue weighted by molar-refractivity contribution is 6.08. The van der Waals surface area contributed by atoms with Gasteiger partial charge in [-0.25, -0.2) is 8.78 Å². The molecule has 1 aliphatic rings. The lowest BCUT2D eigenvalue weighted by Crippen LogP contribution is -2.64. The zero-order valence-electron chi connectivity index (χ0n) is 11.5. The Labute approximate surface area is 115 Å². The second-order valence-electron chi connectivity index (χ2n) is 5.18. The second-order valence-corrected chi connectivity index (χ2v) is 5.18. The molecule has 2 rings (SSSR count). The quantitative estimate of drug-likeness (QED) is 0.900. The number of hydrogen-bond donors (Lipinski definition) is 1. The van der Waals surface area contributed by atoms with Crippen LogP contribution >= 0.6 is 0 Å². The van der Waals surface area contributed by atoms with Crippen LogP contribution in [0.2, 0.25) is 0 Å². The first-order chi connectivity index (χ1) is 9.34. The van der Waals surface area contributed by atoms with Crippen molar-refractivity contribution in [1.82, 2.24) is 5.32 Å². The van der Waals surface area contributed by atoms with Crippen LogP contribution in [0.1, 0.15) is 20.8 Å². The number of carbonyl (C=O) groups excluding carboxylic acids is 2. The third-order valence-corrected chi connectivity index (χ3v) is 3.41. The Morgan fingerprint density at radius 2 is 1.75 bits per heavy atom. The summed E-state index contributed by atoms with van der Waals surface area (Å²) in [5.41, 5.74) is -0.467. The fraction of sp³-hybridized carbons (Fsp3) is 0.429. The van der Waals surface area contributed by atoms with Gasteiger partial charge in [-0.3, -0.25) is 14.5 Å². The highest BCUT2D eigenvalue weighted by atomic mass is 19.1. The molecule has 2 amide bonds. The Hall–Kier alpha value is -1.98. The molecule has 0 aromatic heterocycles. The predicted molar refractivity (Wildman–Crippen MR) is 70.1 cm³/mol. The number of amides is 2. The normalized spacial score (nSPS) is 23.2. The predicted octanol–water partition coefficient (Wildman–Crippen LogP) is 1.84. The Kier molecular flexibility index (Phi) is 3.74. The number of nitrogens with one attached hydrogen (secondary N) is 1. The standard InChI is InChI=1S/C14H16F2N2O2/c1-7(2)11-14(20)18(8(3)13(19)17-11)12-9(15)5-4-6-10(12)16/h4-8,11H,1-3H3,(H,17,19). The van der Waals surface area contributed by atoms with Crippen LogP contribution < -0.4 is 10.2 Å². The van der Waals surface area contributed by atoms with Gasteiger partial charge in [0.15, 0.2) is 0 Å². The number of nitrogens with zero attached hydrogens (tertiary/aromatic N) is 1. The van der Waals surface area contributed by atoms with E-state index < -0.39 is 41.2 Å². The van der Waals surface area contributed by atoms with Crippen LogP contribution in [-0.2, 0) is 9.59 Å². The second kappa shape index (κ2) is 5.19. The molecule has 1 saturated heterocycles. The number of hydrogen-bond acceptors (Lipinski definition) is 2. The van der Waals surface area contributed by atoms with E-state index in [0.29, 0.717) is 0 Å². The largest absolute Gasteiger partial charge is 0.342 e. The summed E-state index contributed by atoms with van der Waals surface area (Å²) in [4.78, 5) is 25.2. The molecule has 0 radical (unpaired) electrons. The zero-order chi connectivity index (χ0) is 15.0. The van der Waals surface area contributed by atoms with Crippen molar-refractivity contribution in [2.45, 2.75) is 32.9 Å². The van der Waals surface area contributed by atoms with E-state index >= 15 is 0 Å². The molecule has 0 saturated carbocycles. The fourth-order valence-electron chi connectivity index (χ4n) is 2.27. The molecule has 1 heterocycles. The Balaban J connectivity index is 2.52. The molecule has 108 valence electrons. The molecule has 2 atom stereocenters. The molecule has 0 spiro atoms. The minimum atomic E-state index is -0.955. The fourth-order valence-corrected chi connectivity index (χ4v) is 2.27. The van der Waals surface area contributed by atoms with Gasteiger partial charge in [-0.05, 0) is 25.0 Å². The zero-order valence-corrected chi connectivity index (χ0v) is 11.5. The van der Waals surface area contributed by atoms with E-state index in [-0.39, 0.29) is 5.92 Å². The molecular weight excluding hydrogens is 266 g/mol. The summed E-state index contributed by atoms with van der Waals surface area (Å²) in [6.45, 7) is 4.96. The first kappa shape index (κ1) is 14.4. The number of anilines is 1. The highest BCUT2D eigenvalue weighted by Gasteiger charge is 2.42. The van der Waals surface area contributed by atoms with E-state index in [9.17, 15) is 18.4 Å². The molecule has 1 aromatic rings. The first-order valence-electron chi connectivity index (χ1n) is 6.42. The third kappa shape index (κ3) is 2.26. The molecule has 1 aliphatic heterocycles. The van der Waals surface area contributed by atoms with Crippen LogP contribution in [-0.4, -0.2) is 23.9 Å². The third-order valence-electron chi connectivity index (χ3n) is 3.41. The van der Waals surface area contributed by atoms with Crippen molar-refractivity contribution in [1.29, 1.82) is 0 Å². The van der Waals surface area contributed by atoms with Gasteiger partial charge in [-0.2, -0.15) is 0 Å². The van der Waals surface area contributed by atoms with Crippen molar-refractivity contribution in [3.8, 4) is 0 Å². The molecule has 20 heavy (non-hydrogen) atoms. The summed E-state index contributed by atoms with van der Waals surface area (Å²) in [6, 6.07) is 1.61. The van der Waals surface area contributed by atoms with Gasteiger partial charge in [0.25, 0.3) is 5.91 Å². The number of piperazine rings is 1. The van der Waals surface area contributed by atoms with Crippen molar-refractivity contribution in [2.75, 3.05) is 4.90 Å². The van der Waals surface area contributed by atoms with Gasteiger partial charge in [0.05, 0.1) is 0 Å². The Bertz CT molecular complexity index is 540. The van der Waals surface area contributed by atoms with Gasteiger partial charge < -0.3 is 5.32 Å². The van der Waals surface area contributed by atoms with Crippen molar-refractivity contribution < 1.29 is 18.4 Å². The number of carbonyl (C=O) groups is 2. The van der Waals surface area contributed by atoms with Gasteiger partial charge in [-0.15, -0.1) is 0 Å². The summed E-state index contributed by atoms with van der Waals surface area (Å²) in [5.74, 6) is -2.82. The van der Waals surface area contributed by atoms with Crippen LogP contribution in [0.3, 0.4) is 0 Å². The smallest absolute Gasteiger partial charge is 0.250 e. The van der Waals surface area contributed by atoms with E-state index in [4.69, 9.17) is 0 Å². The molecule has 1 aromatic carbocycles. The van der Waals surface area contributed by atoms with E-state index in [1.807, 2.05) is 0 Å². The molecule has 1 N–H and O–H groups in total. The van der Waals surface area contributed by atoms with E-state index in [0.717, 1.165) is 17.0 Å². The average Bonchev–Trinajstić information content (AvgIpc) is 2.37. The maximum atomic E-state index is 13.9. The van der Waals surface area contributed by atoms with E-state index in [1.54, 1.807) is 13.8 Å². The van der Waals surface area contributed by atoms with Gasteiger partial charge in [0, 0.05) is 0 Å². The van der Waals surface area contributed by atoms with Crippen LogP contribution in [0, 0.1) is 17.6 Å². The summed E-state index contributed by atoms with van der Waals surface area (Å²) < 4.78 is 27.7. The molecule has 6 heteroatoms. The maximum Gasteiger partial charge on any atom is 0.250 e. The topological polar surface area (TPSA) is 49.4 Å². The monoisotopic (exact) mass is 282 g/mol. The SMILES string of the molecule is CC(C)C1NC(=O)C(C)N(c2c(F)cccc2F)C1=O. The summed E-state index contributed by atoms with van der Waals surface area (Å²) in [5, 5.41) is 2.58. The number of benzene rings is 1. The van der Waals surface area contributed by atoms with Gasteiger partial charge in [-0.1, -0.05) is 19.9 Å². The Morgan fingerprint density at radius 1 is 1.20 bits per heavy atom. The molecule has 0 bridgehead atoms. The minimum Gasteiger partial charge on any atom is -0.342 e. The summed E-state index contributed by atoms with van der Waals surface area (Å²) in [7, 11) is 0. The van der Waals surface area contributed by atoms with Crippen molar-refractivity contribution >= 4 is 17.5 Å². The van der Waals surface area contributed by atoms with Crippen LogP contribution in [0.25, 0.3) is 0 Å². The number of rotatable bonds is 2. The summed E-state index contributed by atoms with van der Waals surface area (Å²) in [6.07, 6.45) is 0. The van der Waals surface area contributed by atoms with E-state index in [2.05, 4.69) is 5.32 Å². The highest BCUT2D eigenvalue weighted by Crippen LogP contribution is 2.28. The lowest BCUT2D eigenvalue weighted by molar-refractivity contribution is -0.134. The van der Waals surface area contributed by atoms with Crippen LogP contribution in [0.5, 0.6) is 0 Å². The van der Waals surface area contributed by atoms with Crippen molar-refractivity contribution in [2.24, 2.45) is 5.92 Å².